The summed E-state index contributed by atoms with van der Waals surface area (Å²) in [6.45, 7) is 4.38. The van der Waals surface area contributed by atoms with Crippen LogP contribution in [0.1, 0.15) is 36.9 Å². The smallest absolute Gasteiger partial charge is 0.0626 e. The van der Waals surface area contributed by atoms with Gasteiger partial charge in [0.15, 0.2) is 0 Å². The van der Waals surface area contributed by atoms with Crippen molar-refractivity contribution in [1.82, 2.24) is 15.1 Å². The summed E-state index contributed by atoms with van der Waals surface area (Å²) in [5.74, 6) is 0.940. The summed E-state index contributed by atoms with van der Waals surface area (Å²) < 4.78 is 1.90. The number of nitrogens with zero attached hydrogens (tertiary/aromatic N) is 2. The van der Waals surface area contributed by atoms with Gasteiger partial charge in [0, 0.05) is 13.2 Å². The normalized spacial score (nSPS) is 17.1. The maximum absolute atomic E-state index is 4.36. The molecular formula is C13H23N3. The molecule has 1 heterocycles. The SMILES string of the molecule is Cc1nn(C)cc1CCNCC1CCCC1. The van der Waals surface area contributed by atoms with Crippen molar-refractivity contribution in [3.05, 3.63) is 17.5 Å². The van der Waals surface area contributed by atoms with E-state index in [0.29, 0.717) is 0 Å². The number of hydrogen-bond acceptors (Lipinski definition) is 2. The molecule has 0 amide bonds. The van der Waals surface area contributed by atoms with Crippen molar-refractivity contribution in [2.24, 2.45) is 13.0 Å². The predicted octanol–water partition coefficient (Wildman–Crippen LogP) is 2.05. The standard InChI is InChI=1S/C13H23N3/c1-11-13(10-16(2)15-11)7-8-14-9-12-5-3-4-6-12/h10,12,14H,3-9H2,1-2H3. The Bertz CT molecular complexity index is 324. The van der Waals surface area contributed by atoms with Gasteiger partial charge in [-0.15, -0.1) is 0 Å². The van der Waals surface area contributed by atoms with Crippen LogP contribution in [0.3, 0.4) is 0 Å². The minimum Gasteiger partial charge on any atom is -0.316 e. The molecule has 1 fully saturated rings. The quantitative estimate of drug-likeness (QED) is 0.771. The zero-order valence-corrected chi connectivity index (χ0v) is 10.5. The lowest BCUT2D eigenvalue weighted by molar-refractivity contribution is 0.491. The first-order valence-electron chi connectivity index (χ1n) is 6.45. The molecule has 3 heteroatoms. The first kappa shape index (κ1) is 11.6. The van der Waals surface area contributed by atoms with Crippen LogP contribution in [-0.4, -0.2) is 22.9 Å². The van der Waals surface area contributed by atoms with E-state index >= 15 is 0 Å². The van der Waals surface area contributed by atoms with E-state index in [-0.39, 0.29) is 0 Å². The molecule has 90 valence electrons. The molecule has 1 aliphatic rings. The molecule has 0 saturated heterocycles. The Balaban J connectivity index is 1.65. The fourth-order valence-electron chi connectivity index (χ4n) is 2.64. The van der Waals surface area contributed by atoms with Gasteiger partial charge in [0.1, 0.15) is 0 Å². The predicted molar refractivity (Wildman–Crippen MR) is 66.5 cm³/mol. The third kappa shape index (κ3) is 3.08. The molecule has 2 rings (SSSR count). The van der Waals surface area contributed by atoms with Crippen LogP contribution in [-0.2, 0) is 13.5 Å². The van der Waals surface area contributed by atoms with Gasteiger partial charge < -0.3 is 5.32 Å². The van der Waals surface area contributed by atoms with Gasteiger partial charge in [0.05, 0.1) is 5.69 Å². The summed E-state index contributed by atoms with van der Waals surface area (Å²) in [4.78, 5) is 0. The van der Waals surface area contributed by atoms with Gasteiger partial charge in [-0.05, 0) is 50.8 Å². The van der Waals surface area contributed by atoms with E-state index in [2.05, 4.69) is 23.5 Å². The molecule has 16 heavy (non-hydrogen) atoms. The minimum atomic E-state index is 0.940. The lowest BCUT2D eigenvalue weighted by Gasteiger charge is -2.09. The molecule has 1 aromatic heterocycles. The van der Waals surface area contributed by atoms with Crippen molar-refractivity contribution in [2.75, 3.05) is 13.1 Å². The van der Waals surface area contributed by atoms with Gasteiger partial charge in [0.2, 0.25) is 0 Å². The average Bonchev–Trinajstić information content (AvgIpc) is 2.84. The van der Waals surface area contributed by atoms with E-state index in [9.17, 15) is 0 Å². The van der Waals surface area contributed by atoms with E-state index in [4.69, 9.17) is 0 Å². The molecule has 0 unspecified atom stereocenters. The number of aryl methyl sites for hydroxylation is 2. The van der Waals surface area contributed by atoms with Crippen LogP contribution in [0.15, 0.2) is 6.20 Å². The second kappa shape index (κ2) is 5.48. The van der Waals surface area contributed by atoms with E-state index in [0.717, 1.165) is 18.9 Å². The lowest BCUT2D eigenvalue weighted by Crippen LogP contribution is -2.23. The van der Waals surface area contributed by atoms with Crippen LogP contribution in [0, 0.1) is 12.8 Å². The van der Waals surface area contributed by atoms with E-state index in [1.54, 1.807) is 0 Å². The summed E-state index contributed by atoms with van der Waals surface area (Å²) in [6.07, 6.45) is 8.97. The highest BCUT2D eigenvalue weighted by Gasteiger charge is 2.13. The highest BCUT2D eigenvalue weighted by molar-refractivity contribution is 5.15. The number of rotatable bonds is 5. The zero-order valence-electron chi connectivity index (χ0n) is 10.5. The fraction of sp³-hybridized carbons (Fsp3) is 0.769. The molecule has 1 saturated carbocycles. The maximum Gasteiger partial charge on any atom is 0.0626 e. The van der Waals surface area contributed by atoms with Gasteiger partial charge in [-0.2, -0.15) is 5.10 Å². The summed E-state index contributed by atoms with van der Waals surface area (Å²) in [7, 11) is 1.99. The van der Waals surface area contributed by atoms with Crippen LogP contribution >= 0.6 is 0 Å². The van der Waals surface area contributed by atoms with Crippen molar-refractivity contribution in [3.63, 3.8) is 0 Å². The molecule has 1 aromatic rings. The second-order valence-corrected chi connectivity index (χ2v) is 5.02. The summed E-state index contributed by atoms with van der Waals surface area (Å²) >= 11 is 0. The highest BCUT2D eigenvalue weighted by atomic mass is 15.2. The van der Waals surface area contributed by atoms with Crippen LogP contribution < -0.4 is 5.32 Å². The Kier molecular flexibility index (Phi) is 3.99. The van der Waals surface area contributed by atoms with Crippen LogP contribution in [0.25, 0.3) is 0 Å². The number of aromatic nitrogens is 2. The van der Waals surface area contributed by atoms with E-state index in [1.807, 2.05) is 11.7 Å². The first-order valence-corrected chi connectivity index (χ1v) is 6.45. The number of hydrogen-bond donors (Lipinski definition) is 1. The van der Waals surface area contributed by atoms with Gasteiger partial charge in [0.25, 0.3) is 0 Å². The van der Waals surface area contributed by atoms with Gasteiger partial charge >= 0.3 is 0 Å². The average molecular weight is 221 g/mol. The monoisotopic (exact) mass is 221 g/mol. The Hall–Kier alpha value is -0.830. The zero-order chi connectivity index (χ0) is 11.4. The second-order valence-electron chi connectivity index (χ2n) is 5.02. The van der Waals surface area contributed by atoms with Crippen LogP contribution in [0.5, 0.6) is 0 Å². The van der Waals surface area contributed by atoms with Crippen molar-refractivity contribution in [2.45, 2.75) is 39.0 Å². The molecular weight excluding hydrogens is 198 g/mol. The van der Waals surface area contributed by atoms with Crippen molar-refractivity contribution in [3.8, 4) is 0 Å². The van der Waals surface area contributed by atoms with Gasteiger partial charge in [-0.3, -0.25) is 4.68 Å². The molecule has 0 aliphatic heterocycles. The lowest BCUT2D eigenvalue weighted by atomic mass is 10.1. The van der Waals surface area contributed by atoms with Crippen LogP contribution in [0.2, 0.25) is 0 Å². The summed E-state index contributed by atoms with van der Waals surface area (Å²) in [5.41, 5.74) is 2.55. The Morgan fingerprint density at radius 3 is 2.81 bits per heavy atom. The molecule has 3 nitrogen and oxygen atoms in total. The molecule has 0 aromatic carbocycles. The largest absolute Gasteiger partial charge is 0.316 e. The molecule has 1 N–H and O–H groups in total. The summed E-state index contributed by atoms with van der Waals surface area (Å²) in [6, 6.07) is 0. The summed E-state index contributed by atoms with van der Waals surface area (Å²) in [5, 5.41) is 7.93. The first-order chi connectivity index (χ1) is 7.75. The topological polar surface area (TPSA) is 29.9 Å². The minimum absolute atomic E-state index is 0.940. The highest BCUT2D eigenvalue weighted by Crippen LogP contribution is 2.23. The van der Waals surface area contributed by atoms with Crippen molar-refractivity contribution >= 4 is 0 Å². The molecule has 0 bridgehead atoms. The molecule has 0 radical (unpaired) electrons. The van der Waals surface area contributed by atoms with Gasteiger partial charge in [-0.25, -0.2) is 0 Å². The maximum atomic E-state index is 4.36. The van der Waals surface area contributed by atoms with Crippen LogP contribution in [0.4, 0.5) is 0 Å². The Labute approximate surface area is 98.2 Å². The van der Waals surface area contributed by atoms with E-state index < -0.39 is 0 Å². The molecule has 0 spiro atoms. The molecule has 0 atom stereocenters. The van der Waals surface area contributed by atoms with Gasteiger partial charge in [-0.1, -0.05) is 12.8 Å². The Morgan fingerprint density at radius 1 is 1.44 bits per heavy atom. The Morgan fingerprint density at radius 2 is 2.19 bits per heavy atom. The van der Waals surface area contributed by atoms with E-state index in [1.165, 1.54) is 43.5 Å². The van der Waals surface area contributed by atoms with Crippen molar-refractivity contribution < 1.29 is 0 Å². The molecule has 1 aliphatic carbocycles. The third-order valence-corrected chi connectivity index (χ3v) is 3.59. The number of nitrogens with one attached hydrogen (secondary N) is 1. The fourth-order valence-corrected chi connectivity index (χ4v) is 2.64. The third-order valence-electron chi connectivity index (χ3n) is 3.59. The van der Waals surface area contributed by atoms with Crippen molar-refractivity contribution in [1.29, 1.82) is 0 Å².